The van der Waals surface area contributed by atoms with E-state index in [-0.39, 0.29) is 0 Å². The Morgan fingerprint density at radius 3 is 2.26 bits per heavy atom. The number of hydrogen-bond donors (Lipinski definition) is 0. The van der Waals surface area contributed by atoms with Gasteiger partial charge >= 0.3 is 0 Å². The van der Waals surface area contributed by atoms with Crippen LogP contribution >= 0.6 is 0 Å². The van der Waals surface area contributed by atoms with Gasteiger partial charge in [-0.15, -0.1) is 0 Å². The van der Waals surface area contributed by atoms with Gasteiger partial charge in [0.15, 0.2) is 5.82 Å². The van der Waals surface area contributed by atoms with Crippen molar-refractivity contribution in [2.75, 3.05) is 0 Å². The highest BCUT2D eigenvalue weighted by Gasteiger charge is 2.12. The van der Waals surface area contributed by atoms with Crippen molar-refractivity contribution in [2.45, 2.75) is 0 Å². The molecule has 0 fully saturated rings. The molecule has 0 radical (unpaired) electrons. The lowest BCUT2D eigenvalue weighted by atomic mass is 10.1. The highest BCUT2D eigenvalue weighted by molar-refractivity contribution is 5.85. The second kappa shape index (κ2) is 5.89. The predicted octanol–water partition coefficient (Wildman–Crippen LogP) is 4.75. The molecule has 0 unspecified atom stereocenters. The van der Waals surface area contributed by atoms with E-state index in [0.29, 0.717) is 0 Å². The summed E-state index contributed by atoms with van der Waals surface area (Å²) in [6, 6.07) is 26.2. The highest BCUT2D eigenvalue weighted by Crippen LogP contribution is 2.30. The second-order valence-corrected chi connectivity index (χ2v) is 5.25. The molecular formula is C20H15N3. The van der Waals surface area contributed by atoms with Gasteiger partial charge in [0.1, 0.15) is 11.3 Å². The minimum atomic E-state index is 0.843. The predicted molar refractivity (Wildman–Crippen MR) is 94.3 cm³/mol. The number of aliphatic imine (C=N–C) groups is 1. The topological polar surface area (TPSA) is 29.7 Å². The van der Waals surface area contributed by atoms with Gasteiger partial charge in [-0.1, -0.05) is 66.7 Å². The third-order valence-electron chi connectivity index (χ3n) is 3.69. The standard InChI is InChI=1S/C20H15N3/c1-3-9-16(10-4-1)15-21-20-19(17-11-5-2-6-12-17)22-18-13-7-8-14-23(18)20/h1-15H. The van der Waals surface area contributed by atoms with Gasteiger partial charge in [-0.25, -0.2) is 9.98 Å². The lowest BCUT2D eigenvalue weighted by molar-refractivity contribution is 1.17. The van der Waals surface area contributed by atoms with E-state index in [4.69, 9.17) is 9.98 Å². The lowest BCUT2D eigenvalue weighted by Gasteiger charge is -2.00. The summed E-state index contributed by atoms with van der Waals surface area (Å²) >= 11 is 0. The fourth-order valence-electron chi connectivity index (χ4n) is 2.57. The molecule has 2 aromatic carbocycles. The zero-order chi connectivity index (χ0) is 15.5. The number of hydrogen-bond acceptors (Lipinski definition) is 2. The summed E-state index contributed by atoms with van der Waals surface area (Å²) in [5, 5.41) is 0. The number of imidazole rings is 1. The van der Waals surface area contributed by atoms with E-state index in [1.54, 1.807) is 0 Å². The summed E-state index contributed by atoms with van der Waals surface area (Å²) in [5.41, 5.74) is 3.92. The summed E-state index contributed by atoms with van der Waals surface area (Å²) < 4.78 is 2.02. The zero-order valence-electron chi connectivity index (χ0n) is 12.5. The molecule has 0 spiro atoms. The van der Waals surface area contributed by atoms with Crippen LogP contribution in [0.2, 0.25) is 0 Å². The summed E-state index contributed by atoms with van der Waals surface area (Å²) in [4.78, 5) is 9.46. The Bertz CT molecular complexity index is 954. The number of fused-ring (bicyclic) bond motifs is 1. The molecule has 0 saturated heterocycles. The van der Waals surface area contributed by atoms with Crippen LogP contribution in [0.5, 0.6) is 0 Å². The van der Waals surface area contributed by atoms with Crippen LogP contribution in [0.4, 0.5) is 5.82 Å². The van der Waals surface area contributed by atoms with Crippen LogP contribution < -0.4 is 0 Å². The maximum absolute atomic E-state index is 4.74. The number of benzene rings is 2. The van der Waals surface area contributed by atoms with Crippen molar-refractivity contribution in [3.05, 3.63) is 90.6 Å². The smallest absolute Gasteiger partial charge is 0.165 e. The van der Waals surface area contributed by atoms with Crippen LogP contribution in [0.25, 0.3) is 16.9 Å². The molecule has 4 aromatic rings. The molecule has 0 saturated carbocycles. The fourth-order valence-corrected chi connectivity index (χ4v) is 2.57. The minimum absolute atomic E-state index is 0.843. The molecule has 0 N–H and O–H groups in total. The molecule has 23 heavy (non-hydrogen) atoms. The molecule has 0 aliphatic rings. The lowest BCUT2D eigenvalue weighted by Crippen LogP contribution is -1.84. The first-order chi connectivity index (χ1) is 11.4. The molecule has 2 heterocycles. The van der Waals surface area contributed by atoms with E-state index >= 15 is 0 Å². The molecule has 0 atom stereocenters. The number of rotatable bonds is 3. The van der Waals surface area contributed by atoms with Crippen molar-refractivity contribution in [3.63, 3.8) is 0 Å². The first-order valence-corrected chi connectivity index (χ1v) is 7.53. The third-order valence-corrected chi connectivity index (χ3v) is 3.69. The van der Waals surface area contributed by atoms with Crippen LogP contribution in [0.3, 0.4) is 0 Å². The van der Waals surface area contributed by atoms with E-state index in [1.165, 1.54) is 0 Å². The molecule has 110 valence electrons. The van der Waals surface area contributed by atoms with Crippen molar-refractivity contribution in [2.24, 2.45) is 4.99 Å². The van der Waals surface area contributed by atoms with Gasteiger partial charge in [0.05, 0.1) is 0 Å². The van der Waals surface area contributed by atoms with Crippen molar-refractivity contribution < 1.29 is 0 Å². The maximum atomic E-state index is 4.74. The Labute approximate surface area is 134 Å². The molecule has 3 heteroatoms. The number of nitrogens with zero attached hydrogens (tertiary/aromatic N) is 3. The maximum Gasteiger partial charge on any atom is 0.165 e. The Kier molecular flexibility index (Phi) is 3.45. The molecule has 2 aromatic heterocycles. The van der Waals surface area contributed by atoms with E-state index in [9.17, 15) is 0 Å². The van der Waals surface area contributed by atoms with Crippen LogP contribution in [0.1, 0.15) is 5.56 Å². The first kappa shape index (κ1) is 13.5. The second-order valence-electron chi connectivity index (χ2n) is 5.25. The quantitative estimate of drug-likeness (QED) is 0.502. The average Bonchev–Trinajstić information content (AvgIpc) is 3.00. The van der Waals surface area contributed by atoms with Crippen molar-refractivity contribution in [3.8, 4) is 11.3 Å². The van der Waals surface area contributed by atoms with E-state index in [1.807, 2.05) is 83.5 Å². The largest absolute Gasteiger partial charge is 0.284 e. The number of pyridine rings is 1. The Morgan fingerprint density at radius 1 is 0.783 bits per heavy atom. The van der Waals surface area contributed by atoms with E-state index < -0.39 is 0 Å². The highest BCUT2D eigenvalue weighted by atomic mass is 15.1. The minimum Gasteiger partial charge on any atom is -0.284 e. The normalized spacial score (nSPS) is 11.3. The van der Waals surface area contributed by atoms with Gasteiger partial charge in [-0.05, 0) is 17.7 Å². The Hall–Kier alpha value is -3.20. The molecule has 0 amide bonds. The van der Waals surface area contributed by atoms with Gasteiger partial charge in [-0.2, -0.15) is 0 Å². The molecule has 0 aliphatic carbocycles. The molecule has 0 aliphatic heterocycles. The molecular weight excluding hydrogens is 282 g/mol. The molecule has 0 bridgehead atoms. The van der Waals surface area contributed by atoms with Gasteiger partial charge in [0, 0.05) is 18.0 Å². The third kappa shape index (κ3) is 2.64. The summed E-state index contributed by atoms with van der Waals surface area (Å²) in [7, 11) is 0. The average molecular weight is 297 g/mol. The first-order valence-electron chi connectivity index (χ1n) is 7.53. The monoisotopic (exact) mass is 297 g/mol. The van der Waals surface area contributed by atoms with Gasteiger partial charge in [0.25, 0.3) is 0 Å². The molecule has 3 nitrogen and oxygen atoms in total. The SMILES string of the molecule is C(=Nc1c(-c2ccccc2)nc2ccccn12)c1ccccc1. The number of aromatic nitrogens is 2. The Morgan fingerprint density at radius 2 is 1.48 bits per heavy atom. The van der Waals surface area contributed by atoms with Crippen LogP contribution in [0, 0.1) is 0 Å². The fraction of sp³-hybridized carbons (Fsp3) is 0. The van der Waals surface area contributed by atoms with Crippen molar-refractivity contribution >= 4 is 17.7 Å². The van der Waals surface area contributed by atoms with Gasteiger partial charge in [0.2, 0.25) is 0 Å². The molecule has 4 rings (SSSR count). The zero-order valence-corrected chi connectivity index (χ0v) is 12.5. The van der Waals surface area contributed by atoms with E-state index in [2.05, 4.69) is 12.1 Å². The van der Waals surface area contributed by atoms with Gasteiger partial charge < -0.3 is 0 Å². The van der Waals surface area contributed by atoms with Crippen molar-refractivity contribution in [1.82, 2.24) is 9.38 Å². The van der Waals surface area contributed by atoms with Crippen LogP contribution in [-0.2, 0) is 0 Å². The van der Waals surface area contributed by atoms with Crippen LogP contribution in [0.15, 0.2) is 90.1 Å². The van der Waals surface area contributed by atoms with E-state index in [0.717, 1.165) is 28.3 Å². The van der Waals surface area contributed by atoms with Gasteiger partial charge in [-0.3, -0.25) is 4.40 Å². The summed E-state index contributed by atoms with van der Waals surface area (Å²) in [6.07, 6.45) is 3.87. The van der Waals surface area contributed by atoms with Crippen LogP contribution in [-0.4, -0.2) is 15.6 Å². The summed E-state index contributed by atoms with van der Waals surface area (Å²) in [5.74, 6) is 0.843. The van der Waals surface area contributed by atoms with Crippen molar-refractivity contribution in [1.29, 1.82) is 0 Å². The summed E-state index contributed by atoms with van der Waals surface area (Å²) in [6.45, 7) is 0. The Balaban J connectivity index is 1.88.